The molecule has 3 N–H and O–H groups in total. The lowest BCUT2D eigenvalue weighted by Crippen LogP contribution is -2.48. The van der Waals surface area contributed by atoms with E-state index >= 15 is 0 Å². The van der Waals surface area contributed by atoms with Gasteiger partial charge in [-0.1, -0.05) is 0 Å². The van der Waals surface area contributed by atoms with Crippen LogP contribution in [0.15, 0.2) is 12.1 Å². The summed E-state index contributed by atoms with van der Waals surface area (Å²) in [6.07, 6.45) is 0. The number of thiophene rings is 1. The molecule has 0 radical (unpaired) electrons. The van der Waals surface area contributed by atoms with Gasteiger partial charge in [0.1, 0.15) is 6.04 Å². The van der Waals surface area contributed by atoms with E-state index in [0.717, 1.165) is 20.3 Å². The van der Waals surface area contributed by atoms with Crippen molar-refractivity contribution < 1.29 is 14.3 Å². The van der Waals surface area contributed by atoms with Gasteiger partial charge in [0, 0.05) is 23.2 Å². The Labute approximate surface area is 153 Å². The summed E-state index contributed by atoms with van der Waals surface area (Å²) in [5, 5.41) is 9.36. The SMILES string of the molecule is CC(=O)NCc1ccc(-c2nc(NC(=O)C3COCCN3)sc2C)s1. The van der Waals surface area contributed by atoms with Crippen LogP contribution in [-0.4, -0.2) is 42.6 Å². The van der Waals surface area contributed by atoms with Gasteiger partial charge in [-0.2, -0.15) is 0 Å². The summed E-state index contributed by atoms with van der Waals surface area (Å²) >= 11 is 3.04. The van der Waals surface area contributed by atoms with Crippen LogP contribution in [0, 0.1) is 6.92 Å². The van der Waals surface area contributed by atoms with Crippen LogP contribution in [0.5, 0.6) is 0 Å². The van der Waals surface area contributed by atoms with E-state index in [4.69, 9.17) is 4.74 Å². The van der Waals surface area contributed by atoms with E-state index < -0.39 is 0 Å². The van der Waals surface area contributed by atoms with Crippen LogP contribution in [0.25, 0.3) is 10.6 Å². The number of hydrogen-bond donors (Lipinski definition) is 3. The molecule has 1 fully saturated rings. The Morgan fingerprint density at radius 3 is 2.96 bits per heavy atom. The number of aryl methyl sites for hydroxylation is 1. The van der Waals surface area contributed by atoms with Gasteiger partial charge in [-0.15, -0.1) is 22.7 Å². The molecule has 134 valence electrons. The molecule has 0 aromatic carbocycles. The Morgan fingerprint density at radius 2 is 2.24 bits per heavy atom. The van der Waals surface area contributed by atoms with Gasteiger partial charge in [0.2, 0.25) is 11.8 Å². The zero-order chi connectivity index (χ0) is 17.8. The van der Waals surface area contributed by atoms with Gasteiger partial charge in [0.05, 0.1) is 30.3 Å². The van der Waals surface area contributed by atoms with Crippen molar-refractivity contribution in [3.05, 3.63) is 21.9 Å². The van der Waals surface area contributed by atoms with Crippen molar-refractivity contribution in [1.82, 2.24) is 15.6 Å². The van der Waals surface area contributed by atoms with Crippen LogP contribution in [0.4, 0.5) is 5.13 Å². The van der Waals surface area contributed by atoms with Gasteiger partial charge in [0.25, 0.3) is 0 Å². The molecule has 2 aromatic rings. The molecule has 3 heterocycles. The highest BCUT2D eigenvalue weighted by Crippen LogP contribution is 2.34. The first-order valence-electron chi connectivity index (χ1n) is 7.96. The minimum Gasteiger partial charge on any atom is -0.378 e. The lowest BCUT2D eigenvalue weighted by atomic mass is 10.2. The Hall–Kier alpha value is -1.81. The third kappa shape index (κ3) is 4.63. The van der Waals surface area contributed by atoms with Gasteiger partial charge in [-0.3, -0.25) is 9.59 Å². The van der Waals surface area contributed by atoms with Gasteiger partial charge in [-0.25, -0.2) is 4.98 Å². The highest BCUT2D eigenvalue weighted by molar-refractivity contribution is 7.18. The molecule has 1 atom stereocenters. The van der Waals surface area contributed by atoms with E-state index in [0.29, 0.717) is 31.4 Å². The van der Waals surface area contributed by atoms with Gasteiger partial charge in [-0.05, 0) is 19.1 Å². The fourth-order valence-electron chi connectivity index (χ4n) is 2.42. The van der Waals surface area contributed by atoms with Crippen molar-refractivity contribution in [3.8, 4) is 10.6 Å². The van der Waals surface area contributed by atoms with Crippen LogP contribution in [-0.2, 0) is 20.9 Å². The maximum absolute atomic E-state index is 12.3. The van der Waals surface area contributed by atoms with Crippen LogP contribution in [0.1, 0.15) is 16.7 Å². The van der Waals surface area contributed by atoms with Gasteiger partial charge in [0.15, 0.2) is 5.13 Å². The van der Waals surface area contributed by atoms with E-state index in [1.54, 1.807) is 11.3 Å². The number of nitrogens with one attached hydrogen (secondary N) is 3. The van der Waals surface area contributed by atoms with Crippen molar-refractivity contribution >= 4 is 39.6 Å². The average molecular weight is 380 g/mol. The Bertz CT molecular complexity index is 765. The summed E-state index contributed by atoms with van der Waals surface area (Å²) in [5.41, 5.74) is 0.868. The quantitative estimate of drug-likeness (QED) is 0.735. The maximum Gasteiger partial charge on any atom is 0.245 e. The number of nitrogens with zero attached hydrogens (tertiary/aromatic N) is 1. The zero-order valence-electron chi connectivity index (χ0n) is 14.0. The summed E-state index contributed by atoms with van der Waals surface area (Å²) in [6, 6.07) is 3.63. The summed E-state index contributed by atoms with van der Waals surface area (Å²) in [5.74, 6) is -0.178. The zero-order valence-corrected chi connectivity index (χ0v) is 15.7. The lowest BCUT2D eigenvalue weighted by Gasteiger charge is -2.22. The second-order valence-electron chi connectivity index (χ2n) is 5.67. The number of aromatic nitrogens is 1. The summed E-state index contributed by atoms with van der Waals surface area (Å²) in [4.78, 5) is 31.0. The van der Waals surface area contributed by atoms with Crippen LogP contribution in [0.2, 0.25) is 0 Å². The molecular formula is C16H20N4O3S2. The number of morpholine rings is 1. The maximum atomic E-state index is 12.3. The number of anilines is 1. The number of thiazole rings is 1. The molecule has 1 saturated heterocycles. The second kappa shape index (κ2) is 8.05. The number of hydrogen-bond acceptors (Lipinski definition) is 7. The summed E-state index contributed by atoms with van der Waals surface area (Å²) < 4.78 is 5.31. The number of rotatable bonds is 5. The fraction of sp³-hybridized carbons (Fsp3) is 0.438. The lowest BCUT2D eigenvalue weighted by molar-refractivity contribution is -0.121. The normalized spacial score (nSPS) is 17.3. The van der Waals surface area contributed by atoms with E-state index in [9.17, 15) is 9.59 Å². The van der Waals surface area contributed by atoms with E-state index in [2.05, 4.69) is 20.9 Å². The van der Waals surface area contributed by atoms with E-state index in [1.807, 2.05) is 19.1 Å². The first-order valence-corrected chi connectivity index (χ1v) is 9.59. The highest BCUT2D eigenvalue weighted by Gasteiger charge is 2.22. The molecule has 0 bridgehead atoms. The molecular weight excluding hydrogens is 360 g/mol. The standard InChI is InChI=1S/C16H20N4O3S2/c1-9-14(13-4-3-11(25-13)7-18-10(2)21)19-16(24-9)20-15(22)12-8-23-6-5-17-12/h3-4,12,17H,5-8H2,1-2H3,(H,18,21)(H,19,20,22). The first kappa shape index (κ1) is 18.0. The third-order valence-electron chi connectivity index (χ3n) is 3.67. The number of carbonyl (C=O) groups excluding carboxylic acids is 2. The van der Waals surface area contributed by atoms with Crippen LogP contribution >= 0.6 is 22.7 Å². The second-order valence-corrected chi connectivity index (χ2v) is 8.04. The van der Waals surface area contributed by atoms with Gasteiger partial charge < -0.3 is 20.7 Å². The predicted octanol–water partition coefficient (Wildman–Crippen LogP) is 1.74. The monoisotopic (exact) mass is 380 g/mol. The Balaban J connectivity index is 1.67. The molecule has 9 heteroatoms. The number of carbonyl (C=O) groups is 2. The van der Waals surface area contributed by atoms with Crippen molar-refractivity contribution in [2.24, 2.45) is 0 Å². The summed E-state index contributed by atoms with van der Waals surface area (Å²) in [6.45, 7) is 5.68. The van der Waals surface area contributed by atoms with Crippen LogP contribution < -0.4 is 16.0 Å². The minimum atomic E-state index is -0.340. The molecule has 25 heavy (non-hydrogen) atoms. The molecule has 1 aliphatic heterocycles. The van der Waals surface area contributed by atoms with Crippen molar-refractivity contribution in [2.45, 2.75) is 26.4 Å². The molecule has 0 aliphatic carbocycles. The number of ether oxygens (including phenoxy) is 1. The van der Waals surface area contributed by atoms with Crippen molar-refractivity contribution in [3.63, 3.8) is 0 Å². The minimum absolute atomic E-state index is 0.0508. The topological polar surface area (TPSA) is 92.4 Å². The number of amides is 2. The molecule has 2 amide bonds. The molecule has 0 saturated carbocycles. The van der Waals surface area contributed by atoms with E-state index in [1.165, 1.54) is 18.3 Å². The smallest absolute Gasteiger partial charge is 0.245 e. The molecule has 7 nitrogen and oxygen atoms in total. The third-order valence-corrected chi connectivity index (χ3v) is 5.65. The average Bonchev–Trinajstić information content (AvgIpc) is 3.20. The Kier molecular flexibility index (Phi) is 5.79. The summed E-state index contributed by atoms with van der Waals surface area (Å²) in [7, 11) is 0. The van der Waals surface area contributed by atoms with E-state index in [-0.39, 0.29) is 17.9 Å². The fourth-order valence-corrected chi connectivity index (χ4v) is 4.31. The molecule has 0 spiro atoms. The highest BCUT2D eigenvalue weighted by atomic mass is 32.1. The molecule has 3 rings (SSSR count). The largest absolute Gasteiger partial charge is 0.378 e. The van der Waals surface area contributed by atoms with Crippen molar-refractivity contribution in [1.29, 1.82) is 0 Å². The van der Waals surface area contributed by atoms with Crippen molar-refractivity contribution in [2.75, 3.05) is 25.1 Å². The molecule has 1 aliphatic rings. The van der Waals surface area contributed by atoms with Gasteiger partial charge >= 0.3 is 0 Å². The Morgan fingerprint density at radius 1 is 1.40 bits per heavy atom. The van der Waals surface area contributed by atoms with Crippen LogP contribution in [0.3, 0.4) is 0 Å². The molecule has 2 aromatic heterocycles. The molecule has 1 unspecified atom stereocenters. The predicted molar refractivity (Wildman–Crippen MR) is 98.9 cm³/mol. The first-order chi connectivity index (χ1) is 12.0.